The molecule has 1 saturated carbocycles. The topological polar surface area (TPSA) is 80.4 Å². The van der Waals surface area contributed by atoms with Gasteiger partial charge in [0.15, 0.2) is 9.84 Å². The van der Waals surface area contributed by atoms with Gasteiger partial charge in [-0.3, -0.25) is 0 Å². The molecule has 1 fully saturated rings. The summed E-state index contributed by atoms with van der Waals surface area (Å²) < 4.78 is 23.6. The Morgan fingerprint density at radius 3 is 2.39 bits per heavy atom. The standard InChI is InChI=1S/C13H19NO3S/c1-18(16,17)12-5-3-2-4-11(12)13(14)8-6-10(15)7-9-13/h2-5,10,15H,6-9,14H2,1H3. The summed E-state index contributed by atoms with van der Waals surface area (Å²) in [5.74, 6) is 0. The summed E-state index contributed by atoms with van der Waals surface area (Å²) in [6, 6.07) is 6.91. The summed E-state index contributed by atoms with van der Waals surface area (Å²) >= 11 is 0. The van der Waals surface area contributed by atoms with Crippen molar-refractivity contribution in [3.63, 3.8) is 0 Å². The Kier molecular flexibility index (Phi) is 3.49. The van der Waals surface area contributed by atoms with Gasteiger partial charge in [-0.15, -0.1) is 0 Å². The van der Waals surface area contributed by atoms with Gasteiger partial charge in [-0.25, -0.2) is 8.42 Å². The zero-order chi connectivity index (χ0) is 13.4. The minimum Gasteiger partial charge on any atom is -0.393 e. The van der Waals surface area contributed by atoms with Crippen molar-refractivity contribution in [2.24, 2.45) is 5.73 Å². The van der Waals surface area contributed by atoms with Gasteiger partial charge < -0.3 is 10.8 Å². The number of nitrogens with two attached hydrogens (primary N) is 1. The third-order valence-electron chi connectivity index (χ3n) is 3.67. The summed E-state index contributed by atoms with van der Waals surface area (Å²) in [6.07, 6.45) is 3.35. The van der Waals surface area contributed by atoms with Crippen molar-refractivity contribution in [2.45, 2.75) is 42.2 Å². The molecule has 3 N–H and O–H groups in total. The van der Waals surface area contributed by atoms with E-state index in [-0.39, 0.29) is 6.10 Å². The van der Waals surface area contributed by atoms with E-state index in [1.165, 1.54) is 6.26 Å². The monoisotopic (exact) mass is 269 g/mol. The highest BCUT2D eigenvalue weighted by Gasteiger charge is 2.35. The molecule has 1 aliphatic carbocycles. The van der Waals surface area contributed by atoms with Crippen LogP contribution in [0.3, 0.4) is 0 Å². The zero-order valence-corrected chi connectivity index (χ0v) is 11.3. The van der Waals surface area contributed by atoms with Crippen LogP contribution in [-0.2, 0) is 15.4 Å². The van der Waals surface area contributed by atoms with Gasteiger partial charge in [0.2, 0.25) is 0 Å². The number of hydrogen-bond donors (Lipinski definition) is 2. The molecule has 0 heterocycles. The van der Waals surface area contributed by atoms with Crippen LogP contribution in [0.4, 0.5) is 0 Å². The molecule has 0 radical (unpaired) electrons. The van der Waals surface area contributed by atoms with Crippen LogP contribution in [0.2, 0.25) is 0 Å². The van der Waals surface area contributed by atoms with Crippen LogP contribution >= 0.6 is 0 Å². The lowest BCUT2D eigenvalue weighted by Gasteiger charge is -2.37. The van der Waals surface area contributed by atoms with Crippen molar-refractivity contribution in [1.82, 2.24) is 0 Å². The summed E-state index contributed by atoms with van der Waals surface area (Å²) in [6.45, 7) is 0. The lowest BCUT2D eigenvalue weighted by molar-refractivity contribution is 0.0961. The van der Waals surface area contributed by atoms with Gasteiger partial charge in [0.25, 0.3) is 0 Å². The maximum Gasteiger partial charge on any atom is 0.175 e. The number of aliphatic hydroxyl groups excluding tert-OH is 1. The molecule has 0 amide bonds. The average molecular weight is 269 g/mol. The Morgan fingerprint density at radius 1 is 1.28 bits per heavy atom. The summed E-state index contributed by atoms with van der Waals surface area (Å²) in [5.41, 5.74) is 6.40. The quantitative estimate of drug-likeness (QED) is 0.845. The van der Waals surface area contributed by atoms with E-state index in [4.69, 9.17) is 5.73 Å². The largest absolute Gasteiger partial charge is 0.393 e. The van der Waals surface area contributed by atoms with E-state index >= 15 is 0 Å². The zero-order valence-electron chi connectivity index (χ0n) is 10.5. The van der Waals surface area contributed by atoms with Crippen LogP contribution in [-0.4, -0.2) is 25.9 Å². The van der Waals surface area contributed by atoms with Crippen molar-refractivity contribution < 1.29 is 13.5 Å². The highest BCUT2D eigenvalue weighted by molar-refractivity contribution is 7.90. The number of hydrogen-bond acceptors (Lipinski definition) is 4. The van der Waals surface area contributed by atoms with Gasteiger partial charge >= 0.3 is 0 Å². The van der Waals surface area contributed by atoms with Crippen molar-refractivity contribution in [3.8, 4) is 0 Å². The second-order valence-corrected chi connectivity index (χ2v) is 7.14. The molecule has 2 rings (SSSR count). The molecule has 0 aromatic heterocycles. The highest BCUT2D eigenvalue weighted by Crippen LogP contribution is 2.37. The van der Waals surface area contributed by atoms with Crippen LogP contribution in [0.5, 0.6) is 0 Å². The van der Waals surface area contributed by atoms with E-state index in [0.29, 0.717) is 36.1 Å². The van der Waals surface area contributed by atoms with E-state index in [2.05, 4.69) is 0 Å². The van der Waals surface area contributed by atoms with Crippen molar-refractivity contribution in [1.29, 1.82) is 0 Å². The number of rotatable bonds is 2. The second-order valence-electron chi connectivity index (χ2n) is 5.16. The van der Waals surface area contributed by atoms with E-state index in [1.54, 1.807) is 18.2 Å². The molecule has 0 spiro atoms. The molecule has 1 aromatic carbocycles. The predicted molar refractivity (Wildman–Crippen MR) is 69.9 cm³/mol. The van der Waals surface area contributed by atoms with Crippen molar-refractivity contribution in [2.75, 3.05) is 6.26 Å². The van der Waals surface area contributed by atoms with Crippen LogP contribution in [0.1, 0.15) is 31.2 Å². The normalized spacial score (nSPS) is 29.2. The molecule has 5 heteroatoms. The Hall–Kier alpha value is -0.910. The van der Waals surface area contributed by atoms with Crippen LogP contribution < -0.4 is 5.73 Å². The minimum absolute atomic E-state index is 0.309. The molecule has 1 aliphatic rings. The summed E-state index contributed by atoms with van der Waals surface area (Å²) in [7, 11) is -3.28. The van der Waals surface area contributed by atoms with Gasteiger partial charge in [0.1, 0.15) is 0 Å². The molecule has 4 nitrogen and oxygen atoms in total. The van der Waals surface area contributed by atoms with Gasteiger partial charge in [-0.1, -0.05) is 18.2 Å². The first-order chi connectivity index (χ1) is 8.33. The third-order valence-corrected chi connectivity index (χ3v) is 4.83. The van der Waals surface area contributed by atoms with Gasteiger partial charge in [-0.2, -0.15) is 0 Å². The number of aliphatic hydroxyl groups is 1. The second kappa shape index (κ2) is 4.64. The molecular weight excluding hydrogens is 250 g/mol. The maximum absolute atomic E-state index is 11.8. The van der Waals surface area contributed by atoms with E-state index < -0.39 is 15.4 Å². The van der Waals surface area contributed by atoms with Crippen molar-refractivity contribution >= 4 is 9.84 Å². The Bertz CT molecular complexity index is 531. The fourth-order valence-electron chi connectivity index (χ4n) is 2.59. The Labute approximate surface area is 108 Å². The molecule has 18 heavy (non-hydrogen) atoms. The summed E-state index contributed by atoms with van der Waals surface area (Å²) in [5, 5.41) is 9.54. The number of sulfone groups is 1. The van der Waals surface area contributed by atoms with Gasteiger partial charge in [0, 0.05) is 11.8 Å². The molecule has 0 unspecified atom stereocenters. The molecular formula is C13H19NO3S. The molecule has 0 atom stereocenters. The molecule has 0 saturated heterocycles. The molecule has 100 valence electrons. The van der Waals surface area contributed by atoms with Crippen LogP contribution in [0, 0.1) is 0 Å². The highest BCUT2D eigenvalue weighted by atomic mass is 32.2. The first-order valence-corrected chi connectivity index (χ1v) is 7.98. The molecule has 0 aliphatic heterocycles. The fourth-order valence-corrected chi connectivity index (χ4v) is 3.58. The lowest BCUT2D eigenvalue weighted by Crippen LogP contribution is -2.42. The minimum atomic E-state index is -3.28. The smallest absolute Gasteiger partial charge is 0.175 e. The number of benzene rings is 1. The van der Waals surface area contributed by atoms with Crippen molar-refractivity contribution in [3.05, 3.63) is 29.8 Å². The first-order valence-electron chi connectivity index (χ1n) is 6.09. The average Bonchev–Trinajstić information content (AvgIpc) is 2.32. The molecule has 0 bridgehead atoms. The van der Waals surface area contributed by atoms with Crippen LogP contribution in [0.15, 0.2) is 29.2 Å². The molecule has 1 aromatic rings. The van der Waals surface area contributed by atoms with Gasteiger partial charge in [-0.05, 0) is 37.3 Å². The Morgan fingerprint density at radius 2 is 1.83 bits per heavy atom. The van der Waals surface area contributed by atoms with E-state index in [1.807, 2.05) is 6.07 Å². The third kappa shape index (κ3) is 2.58. The predicted octanol–water partition coefficient (Wildman–Crippen LogP) is 1.18. The van der Waals surface area contributed by atoms with E-state index in [0.717, 1.165) is 0 Å². The Balaban J connectivity index is 2.45. The SMILES string of the molecule is CS(=O)(=O)c1ccccc1C1(N)CCC(O)CC1. The van der Waals surface area contributed by atoms with Crippen LogP contribution in [0.25, 0.3) is 0 Å². The van der Waals surface area contributed by atoms with E-state index in [9.17, 15) is 13.5 Å². The summed E-state index contributed by atoms with van der Waals surface area (Å²) in [4.78, 5) is 0.309. The lowest BCUT2D eigenvalue weighted by atomic mass is 9.76. The fraction of sp³-hybridized carbons (Fsp3) is 0.538. The maximum atomic E-state index is 11.8. The first kappa shape index (κ1) is 13.5. The van der Waals surface area contributed by atoms with Gasteiger partial charge in [0.05, 0.1) is 11.0 Å².